The summed E-state index contributed by atoms with van der Waals surface area (Å²) in [4.78, 5) is 11.1. The van der Waals surface area contributed by atoms with Gasteiger partial charge in [0.2, 0.25) is 5.91 Å². The van der Waals surface area contributed by atoms with E-state index >= 15 is 0 Å². The lowest BCUT2D eigenvalue weighted by molar-refractivity contribution is 0.1000. The number of carbonyl (C=O) groups is 1. The number of rotatable bonds is 6. The van der Waals surface area contributed by atoms with Crippen LogP contribution in [0.25, 0.3) is 0 Å². The van der Waals surface area contributed by atoms with E-state index in [1.165, 1.54) is 12.7 Å². The summed E-state index contributed by atoms with van der Waals surface area (Å²) >= 11 is 0. The zero-order chi connectivity index (χ0) is 14.4. The fourth-order valence-electron chi connectivity index (χ4n) is 1.86. The SMILES string of the molecule is COc1cc(C(N)=O)ccc1OCCc1ccccc1. The average molecular weight is 271 g/mol. The van der Waals surface area contributed by atoms with Gasteiger partial charge in [0.15, 0.2) is 11.5 Å². The van der Waals surface area contributed by atoms with Crippen LogP contribution in [0.5, 0.6) is 11.5 Å². The number of carbonyl (C=O) groups excluding carboxylic acids is 1. The van der Waals surface area contributed by atoms with Crippen LogP contribution in [0.3, 0.4) is 0 Å². The molecule has 20 heavy (non-hydrogen) atoms. The van der Waals surface area contributed by atoms with Gasteiger partial charge in [-0.1, -0.05) is 30.3 Å². The second-order valence-electron chi connectivity index (χ2n) is 4.31. The second kappa shape index (κ2) is 6.61. The molecule has 0 heterocycles. The molecule has 2 rings (SSSR count). The Morgan fingerprint density at radius 2 is 1.85 bits per heavy atom. The molecular formula is C16H17NO3. The third kappa shape index (κ3) is 3.51. The molecule has 4 heteroatoms. The van der Waals surface area contributed by atoms with Crippen molar-refractivity contribution in [3.63, 3.8) is 0 Å². The highest BCUT2D eigenvalue weighted by molar-refractivity contribution is 5.93. The number of ether oxygens (including phenoxy) is 2. The van der Waals surface area contributed by atoms with Crippen LogP contribution in [-0.2, 0) is 6.42 Å². The molecule has 1 amide bonds. The summed E-state index contributed by atoms with van der Waals surface area (Å²) in [5, 5.41) is 0. The lowest BCUT2D eigenvalue weighted by atomic mass is 10.1. The summed E-state index contributed by atoms with van der Waals surface area (Å²) in [6.45, 7) is 0.538. The van der Waals surface area contributed by atoms with E-state index in [-0.39, 0.29) is 0 Å². The molecule has 104 valence electrons. The Hall–Kier alpha value is -2.49. The largest absolute Gasteiger partial charge is 0.493 e. The van der Waals surface area contributed by atoms with Crippen LogP contribution in [0.15, 0.2) is 48.5 Å². The maximum Gasteiger partial charge on any atom is 0.248 e. The Labute approximate surface area is 118 Å². The van der Waals surface area contributed by atoms with Crippen molar-refractivity contribution < 1.29 is 14.3 Å². The Morgan fingerprint density at radius 1 is 1.10 bits per heavy atom. The lowest BCUT2D eigenvalue weighted by Crippen LogP contribution is -2.11. The summed E-state index contributed by atoms with van der Waals surface area (Å²) in [6.07, 6.45) is 0.807. The summed E-state index contributed by atoms with van der Waals surface area (Å²) in [6, 6.07) is 15.0. The van der Waals surface area contributed by atoms with Gasteiger partial charge in [-0.2, -0.15) is 0 Å². The van der Waals surface area contributed by atoms with Crippen molar-refractivity contribution in [1.82, 2.24) is 0 Å². The number of primary amides is 1. The van der Waals surface area contributed by atoms with Crippen LogP contribution in [0.4, 0.5) is 0 Å². The van der Waals surface area contributed by atoms with Crippen LogP contribution in [-0.4, -0.2) is 19.6 Å². The van der Waals surface area contributed by atoms with Gasteiger partial charge in [-0.15, -0.1) is 0 Å². The highest BCUT2D eigenvalue weighted by atomic mass is 16.5. The maximum absolute atomic E-state index is 11.1. The topological polar surface area (TPSA) is 61.5 Å². The number of nitrogens with two attached hydrogens (primary N) is 1. The van der Waals surface area contributed by atoms with Crippen molar-refractivity contribution in [3.8, 4) is 11.5 Å². The molecular weight excluding hydrogens is 254 g/mol. The first-order chi connectivity index (χ1) is 9.70. The number of benzene rings is 2. The lowest BCUT2D eigenvalue weighted by Gasteiger charge is -2.11. The van der Waals surface area contributed by atoms with Gasteiger partial charge < -0.3 is 15.2 Å². The van der Waals surface area contributed by atoms with Gasteiger partial charge in [-0.3, -0.25) is 4.79 Å². The summed E-state index contributed by atoms with van der Waals surface area (Å²) < 4.78 is 10.9. The van der Waals surface area contributed by atoms with Gasteiger partial charge in [-0.25, -0.2) is 0 Å². The Balaban J connectivity index is 2.00. The fourth-order valence-corrected chi connectivity index (χ4v) is 1.86. The standard InChI is InChI=1S/C16H17NO3/c1-19-15-11-13(16(17)18)7-8-14(15)20-10-9-12-5-3-2-4-6-12/h2-8,11H,9-10H2,1H3,(H2,17,18). The molecule has 0 saturated heterocycles. The first kappa shape index (κ1) is 13.9. The molecule has 0 saturated carbocycles. The Bertz CT molecular complexity index is 582. The quantitative estimate of drug-likeness (QED) is 0.877. The molecule has 2 N–H and O–H groups in total. The van der Waals surface area contributed by atoms with Crippen LogP contribution in [0.2, 0.25) is 0 Å². The molecule has 0 unspecified atom stereocenters. The molecule has 0 bridgehead atoms. The Morgan fingerprint density at radius 3 is 2.50 bits per heavy atom. The van der Waals surface area contributed by atoms with E-state index in [1.807, 2.05) is 18.2 Å². The van der Waals surface area contributed by atoms with E-state index in [4.69, 9.17) is 15.2 Å². The third-order valence-corrected chi connectivity index (χ3v) is 2.94. The van der Waals surface area contributed by atoms with E-state index in [9.17, 15) is 4.79 Å². The minimum Gasteiger partial charge on any atom is -0.493 e. The van der Waals surface area contributed by atoms with E-state index < -0.39 is 5.91 Å². The van der Waals surface area contributed by atoms with Gasteiger partial charge in [-0.05, 0) is 23.8 Å². The molecule has 0 radical (unpaired) electrons. The summed E-state index contributed by atoms with van der Waals surface area (Å²) in [5.41, 5.74) is 6.84. The van der Waals surface area contributed by atoms with E-state index in [0.29, 0.717) is 23.7 Å². The highest BCUT2D eigenvalue weighted by Gasteiger charge is 2.08. The monoisotopic (exact) mass is 271 g/mol. The van der Waals surface area contributed by atoms with Crippen molar-refractivity contribution in [3.05, 3.63) is 59.7 Å². The van der Waals surface area contributed by atoms with Crippen LogP contribution < -0.4 is 15.2 Å². The van der Waals surface area contributed by atoms with Crippen molar-refractivity contribution >= 4 is 5.91 Å². The Kier molecular flexibility index (Phi) is 4.60. The van der Waals surface area contributed by atoms with Gasteiger partial charge in [0.1, 0.15) is 0 Å². The van der Waals surface area contributed by atoms with E-state index in [2.05, 4.69) is 12.1 Å². The fraction of sp³-hybridized carbons (Fsp3) is 0.188. The van der Waals surface area contributed by atoms with Crippen molar-refractivity contribution in [2.45, 2.75) is 6.42 Å². The molecule has 2 aromatic rings. The number of hydrogen-bond acceptors (Lipinski definition) is 3. The summed E-state index contributed by atoms with van der Waals surface area (Å²) in [5.74, 6) is 0.627. The van der Waals surface area contributed by atoms with Crippen molar-refractivity contribution in [2.75, 3.05) is 13.7 Å². The minimum absolute atomic E-state index is 0.400. The third-order valence-electron chi connectivity index (χ3n) is 2.94. The maximum atomic E-state index is 11.1. The number of amides is 1. The van der Waals surface area contributed by atoms with Crippen LogP contribution in [0, 0.1) is 0 Å². The molecule has 4 nitrogen and oxygen atoms in total. The number of hydrogen-bond donors (Lipinski definition) is 1. The van der Waals surface area contributed by atoms with Crippen molar-refractivity contribution in [1.29, 1.82) is 0 Å². The normalized spacial score (nSPS) is 10.1. The first-order valence-corrected chi connectivity index (χ1v) is 6.35. The molecule has 0 fully saturated rings. The minimum atomic E-state index is -0.487. The second-order valence-corrected chi connectivity index (χ2v) is 4.31. The van der Waals surface area contributed by atoms with E-state index in [1.54, 1.807) is 18.2 Å². The summed E-state index contributed by atoms with van der Waals surface area (Å²) in [7, 11) is 1.53. The molecule has 0 aromatic heterocycles. The predicted molar refractivity (Wildman–Crippen MR) is 77.2 cm³/mol. The molecule has 0 aliphatic rings. The molecule has 2 aromatic carbocycles. The van der Waals surface area contributed by atoms with Crippen molar-refractivity contribution in [2.24, 2.45) is 5.73 Å². The molecule has 0 atom stereocenters. The number of methoxy groups -OCH3 is 1. The average Bonchev–Trinajstić information content (AvgIpc) is 2.48. The van der Waals surface area contributed by atoms with Crippen LogP contribution in [0.1, 0.15) is 15.9 Å². The van der Waals surface area contributed by atoms with Gasteiger partial charge in [0.05, 0.1) is 13.7 Å². The smallest absolute Gasteiger partial charge is 0.248 e. The van der Waals surface area contributed by atoms with Gasteiger partial charge >= 0.3 is 0 Å². The zero-order valence-corrected chi connectivity index (χ0v) is 11.3. The first-order valence-electron chi connectivity index (χ1n) is 6.35. The highest BCUT2D eigenvalue weighted by Crippen LogP contribution is 2.28. The van der Waals surface area contributed by atoms with E-state index in [0.717, 1.165) is 6.42 Å². The van der Waals surface area contributed by atoms with Crippen LogP contribution >= 0.6 is 0 Å². The molecule has 0 spiro atoms. The molecule has 0 aliphatic heterocycles. The molecule has 0 aliphatic carbocycles. The van der Waals surface area contributed by atoms with Gasteiger partial charge in [0.25, 0.3) is 0 Å². The zero-order valence-electron chi connectivity index (χ0n) is 11.3. The van der Waals surface area contributed by atoms with Gasteiger partial charge in [0, 0.05) is 12.0 Å². The predicted octanol–water partition coefficient (Wildman–Crippen LogP) is 2.42.